The van der Waals surface area contributed by atoms with E-state index in [1.807, 2.05) is 6.92 Å². The van der Waals surface area contributed by atoms with Crippen LogP contribution < -0.4 is 10.5 Å². The molecule has 0 aromatic carbocycles. The number of nitrogens with zero attached hydrogens (tertiary/aromatic N) is 5. The third-order valence-electron chi connectivity index (χ3n) is 3.35. The second-order valence-electron chi connectivity index (χ2n) is 5.00. The number of alkyl halides is 2. The predicted molar refractivity (Wildman–Crippen MR) is 86.2 cm³/mol. The Hall–Kier alpha value is -2.36. The van der Waals surface area contributed by atoms with E-state index in [0.717, 1.165) is 5.56 Å². The van der Waals surface area contributed by atoms with Crippen molar-refractivity contribution in [1.29, 1.82) is 0 Å². The third kappa shape index (κ3) is 3.28. The van der Waals surface area contributed by atoms with Crippen molar-refractivity contribution in [2.24, 2.45) is 0 Å². The van der Waals surface area contributed by atoms with Gasteiger partial charge in [0.05, 0.1) is 4.47 Å². The molecule has 0 aliphatic heterocycles. The first-order chi connectivity index (χ1) is 11.5. The van der Waals surface area contributed by atoms with Crippen LogP contribution in [-0.4, -0.2) is 37.6 Å². The Balaban J connectivity index is 1.92. The number of fused-ring (bicyclic) bond motifs is 1. The van der Waals surface area contributed by atoms with Gasteiger partial charge in [-0.05, 0) is 35.0 Å². The molecule has 0 fully saturated rings. The molecule has 0 saturated carbocycles. The van der Waals surface area contributed by atoms with E-state index >= 15 is 0 Å². The van der Waals surface area contributed by atoms with Gasteiger partial charge in [-0.3, -0.25) is 0 Å². The molecule has 0 amide bonds. The van der Waals surface area contributed by atoms with Crippen LogP contribution in [0.4, 0.5) is 14.6 Å². The lowest BCUT2D eigenvalue weighted by molar-refractivity contribution is 0.0791. The summed E-state index contributed by atoms with van der Waals surface area (Å²) in [6.45, 7) is 1.09. The molecule has 10 heteroatoms. The summed E-state index contributed by atoms with van der Waals surface area (Å²) in [5.74, 6) is 0.937. The minimum Gasteiger partial charge on any atom is -0.471 e. The minimum atomic E-state index is -2.57. The van der Waals surface area contributed by atoms with E-state index < -0.39 is 13.0 Å². The van der Waals surface area contributed by atoms with Gasteiger partial charge in [-0.2, -0.15) is 14.6 Å². The largest absolute Gasteiger partial charge is 0.471 e. The zero-order valence-corrected chi connectivity index (χ0v) is 14.2. The van der Waals surface area contributed by atoms with Gasteiger partial charge in [0.15, 0.2) is 6.61 Å². The number of ether oxygens (including phenoxy) is 1. The SMILES string of the molecule is Cc1nc2ncnn2c(N)c1Cc1ccc(Br)c(OCC(F)F)n1. The van der Waals surface area contributed by atoms with E-state index in [1.54, 1.807) is 12.1 Å². The van der Waals surface area contributed by atoms with Crippen molar-refractivity contribution in [3.8, 4) is 5.88 Å². The molecule has 3 heterocycles. The van der Waals surface area contributed by atoms with Gasteiger partial charge in [0.25, 0.3) is 12.2 Å². The van der Waals surface area contributed by atoms with Crippen LogP contribution in [-0.2, 0) is 6.42 Å². The van der Waals surface area contributed by atoms with Crippen LogP contribution in [0.5, 0.6) is 5.88 Å². The molecule has 0 unspecified atom stereocenters. The fraction of sp³-hybridized carbons (Fsp3) is 0.286. The molecule has 0 bridgehead atoms. The van der Waals surface area contributed by atoms with E-state index in [2.05, 4.69) is 36.0 Å². The first kappa shape index (κ1) is 16.5. The highest BCUT2D eigenvalue weighted by Crippen LogP contribution is 2.25. The van der Waals surface area contributed by atoms with E-state index in [4.69, 9.17) is 10.5 Å². The van der Waals surface area contributed by atoms with Gasteiger partial charge in [-0.25, -0.2) is 18.7 Å². The van der Waals surface area contributed by atoms with E-state index in [-0.39, 0.29) is 5.88 Å². The van der Waals surface area contributed by atoms with Crippen molar-refractivity contribution in [1.82, 2.24) is 24.6 Å². The number of aryl methyl sites for hydroxylation is 1. The number of aromatic nitrogens is 5. The maximum atomic E-state index is 12.3. The number of pyridine rings is 1. The Morgan fingerprint density at radius 2 is 2.12 bits per heavy atom. The summed E-state index contributed by atoms with van der Waals surface area (Å²) in [7, 11) is 0. The van der Waals surface area contributed by atoms with Crippen molar-refractivity contribution in [2.45, 2.75) is 19.8 Å². The van der Waals surface area contributed by atoms with Crippen molar-refractivity contribution in [3.05, 3.63) is 39.9 Å². The third-order valence-corrected chi connectivity index (χ3v) is 3.95. The second kappa shape index (κ2) is 6.63. The highest BCUT2D eigenvalue weighted by atomic mass is 79.9. The van der Waals surface area contributed by atoms with Gasteiger partial charge >= 0.3 is 0 Å². The lowest BCUT2D eigenvalue weighted by Gasteiger charge is -2.11. The minimum absolute atomic E-state index is 0.110. The van der Waals surface area contributed by atoms with Crippen LogP contribution in [0.15, 0.2) is 22.9 Å². The summed E-state index contributed by atoms with van der Waals surface area (Å²) in [6, 6.07) is 3.44. The van der Waals surface area contributed by atoms with E-state index in [9.17, 15) is 8.78 Å². The quantitative estimate of drug-likeness (QED) is 0.709. The number of anilines is 1. The van der Waals surface area contributed by atoms with Crippen LogP contribution in [0.3, 0.4) is 0 Å². The number of nitrogens with two attached hydrogens (primary N) is 1. The monoisotopic (exact) mass is 398 g/mol. The summed E-state index contributed by atoms with van der Waals surface area (Å²) in [4.78, 5) is 12.6. The molecule has 24 heavy (non-hydrogen) atoms. The average molecular weight is 399 g/mol. The topological polar surface area (TPSA) is 91.2 Å². The fourth-order valence-corrected chi connectivity index (χ4v) is 2.55. The molecule has 2 N–H and O–H groups in total. The number of hydrogen-bond donors (Lipinski definition) is 1. The molecule has 3 aromatic rings. The summed E-state index contributed by atoms with van der Waals surface area (Å²) in [5, 5.41) is 4.02. The van der Waals surface area contributed by atoms with Gasteiger partial charge in [0.1, 0.15) is 12.1 Å². The van der Waals surface area contributed by atoms with Crippen LogP contribution in [0, 0.1) is 6.92 Å². The maximum absolute atomic E-state index is 12.3. The van der Waals surface area contributed by atoms with Crippen LogP contribution in [0.1, 0.15) is 17.0 Å². The molecular formula is C14H13BrF2N6O. The smallest absolute Gasteiger partial charge is 0.272 e. The van der Waals surface area contributed by atoms with Gasteiger partial charge in [-0.1, -0.05) is 0 Å². The molecule has 0 atom stereocenters. The maximum Gasteiger partial charge on any atom is 0.272 e. The summed E-state index contributed by atoms with van der Waals surface area (Å²) < 4.78 is 31.6. The number of rotatable bonds is 5. The lowest BCUT2D eigenvalue weighted by atomic mass is 10.1. The van der Waals surface area contributed by atoms with Crippen LogP contribution >= 0.6 is 15.9 Å². The normalized spacial score (nSPS) is 11.4. The van der Waals surface area contributed by atoms with Crippen molar-refractivity contribution < 1.29 is 13.5 Å². The molecular weight excluding hydrogens is 386 g/mol. The van der Waals surface area contributed by atoms with Gasteiger partial charge in [-0.15, -0.1) is 0 Å². The van der Waals surface area contributed by atoms with Crippen molar-refractivity contribution in [3.63, 3.8) is 0 Å². The fourth-order valence-electron chi connectivity index (χ4n) is 2.22. The molecule has 0 radical (unpaired) electrons. The summed E-state index contributed by atoms with van der Waals surface area (Å²) in [6.07, 6.45) is -0.839. The highest BCUT2D eigenvalue weighted by molar-refractivity contribution is 9.10. The van der Waals surface area contributed by atoms with Gasteiger partial charge in [0, 0.05) is 23.4 Å². The Morgan fingerprint density at radius 1 is 1.33 bits per heavy atom. The van der Waals surface area contributed by atoms with Crippen molar-refractivity contribution >= 4 is 27.5 Å². The molecule has 126 valence electrons. The Labute approximate surface area is 144 Å². The van der Waals surface area contributed by atoms with Gasteiger partial charge < -0.3 is 10.5 Å². The Kier molecular flexibility index (Phi) is 4.56. The molecule has 7 nitrogen and oxygen atoms in total. The Bertz CT molecular complexity index is 885. The van der Waals surface area contributed by atoms with Crippen LogP contribution in [0.25, 0.3) is 5.78 Å². The summed E-state index contributed by atoms with van der Waals surface area (Å²) in [5.41, 5.74) is 8.18. The zero-order valence-electron chi connectivity index (χ0n) is 12.6. The van der Waals surface area contributed by atoms with E-state index in [1.165, 1.54) is 10.8 Å². The number of halogens is 3. The molecule has 3 aromatic heterocycles. The molecule has 0 aliphatic carbocycles. The van der Waals surface area contributed by atoms with E-state index in [0.29, 0.717) is 33.9 Å². The first-order valence-corrected chi connectivity index (χ1v) is 7.76. The standard InChI is InChI=1S/C14H13BrF2N6O/c1-7-9(12(18)23-14(21-7)19-6-20-23)4-8-2-3-10(15)13(22-8)24-5-11(16)17/h2-3,6,11H,4-5,18H2,1H3. The second-order valence-corrected chi connectivity index (χ2v) is 5.86. The first-order valence-electron chi connectivity index (χ1n) is 6.96. The molecule has 0 spiro atoms. The zero-order chi connectivity index (χ0) is 17.3. The predicted octanol–water partition coefficient (Wildman–Crippen LogP) is 2.41. The lowest BCUT2D eigenvalue weighted by Crippen LogP contribution is -2.11. The molecule has 0 saturated heterocycles. The van der Waals surface area contributed by atoms with Crippen molar-refractivity contribution in [2.75, 3.05) is 12.3 Å². The van der Waals surface area contributed by atoms with Gasteiger partial charge in [0.2, 0.25) is 5.88 Å². The number of nitrogen functional groups attached to an aromatic ring is 1. The molecule has 0 aliphatic rings. The van der Waals surface area contributed by atoms with Crippen LogP contribution in [0.2, 0.25) is 0 Å². The average Bonchev–Trinajstić information content (AvgIpc) is 2.99. The Morgan fingerprint density at radius 3 is 2.88 bits per heavy atom. The number of hydrogen-bond acceptors (Lipinski definition) is 6. The molecule has 3 rings (SSSR count). The highest BCUT2D eigenvalue weighted by Gasteiger charge is 2.15. The summed E-state index contributed by atoms with van der Waals surface area (Å²) >= 11 is 3.23.